The van der Waals surface area contributed by atoms with Crippen LogP contribution in [0, 0.1) is 18.8 Å². The van der Waals surface area contributed by atoms with E-state index in [1.54, 1.807) is 6.07 Å². The zero-order valence-electron chi connectivity index (χ0n) is 8.39. The van der Waals surface area contributed by atoms with Gasteiger partial charge in [0.05, 0.1) is 17.9 Å². The summed E-state index contributed by atoms with van der Waals surface area (Å²) >= 11 is 0. The average molecular weight is 190 g/mol. The van der Waals surface area contributed by atoms with Crippen LogP contribution >= 0.6 is 0 Å². The minimum absolute atomic E-state index is 0.363. The highest BCUT2D eigenvalue weighted by atomic mass is 14.9. The third kappa shape index (κ3) is 2.38. The van der Waals surface area contributed by atoms with E-state index in [1.165, 1.54) is 0 Å². The van der Waals surface area contributed by atoms with Crippen LogP contribution in [0.25, 0.3) is 0 Å². The van der Waals surface area contributed by atoms with Crippen LogP contribution in [0.2, 0.25) is 0 Å². The van der Waals surface area contributed by atoms with E-state index < -0.39 is 0 Å². The Morgan fingerprint density at radius 1 is 1.50 bits per heavy atom. The highest BCUT2D eigenvalue weighted by Crippen LogP contribution is 2.15. The number of nitrogens with zero attached hydrogens (tertiary/aromatic N) is 1. The van der Waals surface area contributed by atoms with Gasteiger partial charge in [0, 0.05) is 5.56 Å². The van der Waals surface area contributed by atoms with Gasteiger partial charge in [-0.1, -0.05) is 11.8 Å². The number of anilines is 2. The number of nitrogen functional groups attached to an aromatic ring is 2. The molecule has 0 radical (unpaired) electrons. The normalized spacial score (nSPS) is 9.29. The van der Waals surface area contributed by atoms with Gasteiger partial charge < -0.3 is 16.8 Å². The number of hydrogen-bond donors (Lipinski definition) is 3. The molecule has 0 spiro atoms. The zero-order valence-corrected chi connectivity index (χ0v) is 8.39. The Morgan fingerprint density at radius 2 is 2.21 bits per heavy atom. The topological polar surface area (TPSA) is 77.0 Å². The lowest BCUT2D eigenvalue weighted by molar-refractivity contribution is 0.938. The van der Waals surface area contributed by atoms with Crippen LogP contribution in [0.3, 0.4) is 0 Å². The van der Waals surface area contributed by atoms with Gasteiger partial charge in [-0.3, -0.25) is 0 Å². The Bertz CT molecular complexity index is 387. The number of rotatable bonds is 1. The second kappa shape index (κ2) is 4.49. The highest BCUT2D eigenvalue weighted by Gasteiger charge is 2.01. The molecule has 0 unspecified atom stereocenters. The molecule has 1 rings (SSSR count). The summed E-state index contributed by atoms with van der Waals surface area (Å²) in [5.41, 5.74) is 13.3. The Hall–Kier alpha value is -1.73. The molecule has 74 valence electrons. The summed E-state index contributed by atoms with van der Waals surface area (Å²) in [5, 5.41) is 2.93. The Labute approximate surface area is 83.7 Å². The van der Waals surface area contributed by atoms with Gasteiger partial charge in [-0.25, -0.2) is 4.98 Å². The molecule has 1 heterocycles. The van der Waals surface area contributed by atoms with Crippen LogP contribution in [0.1, 0.15) is 11.3 Å². The number of nitrogens with two attached hydrogens (primary N) is 2. The fraction of sp³-hybridized carbons (Fsp3) is 0.300. The van der Waals surface area contributed by atoms with Crippen LogP contribution in [-0.4, -0.2) is 18.6 Å². The standard InChI is InChI=1S/C10H14N4/c1-7-8(4-3-5-13-2)6-9(11)10(12)14-7/h6,13H,5,11H2,1-2H3,(H2,12,14). The van der Waals surface area contributed by atoms with Gasteiger partial charge in [-0.15, -0.1) is 0 Å². The van der Waals surface area contributed by atoms with Gasteiger partial charge in [0.2, 0.25) is 0 Å². The molecule has 0 aliphatic carbocycles. The lowest BCUT2D eigenvalue weighted by atomic mass is 10.2. The first kappa shape index (κ1) is 10.4. The Morgan fingerprint density at radius 3 is 2.86 bits per heavy atom. The molecule has 0 atom stereocenters. The molecule has 1 aromatic rings. The number of pyridine rings is 1. The lowest BCUT2D eigenvalue weighted by Gasteiger charge is -2.02. The quantitative estimate of drug-likeness (QED) is 0.550. The van der Waals surface area contributed by atoms with E-state index in [-0.39, 0.29) is 0 Å². The minimum Gasteiger partial charge on any atom is -0.396 e. The van der Waals surface area contributed by atoms with Crippen molar-refractivity contribution in [2.75, 3.05) is 25.1 Å². The van der Waals surface area contributed by atoms with Crippen molar-refractivity contribution >= 4 is 11.5 Å². The van der Waals surface area contributed by atoms with Crippen LogP contribution in [-0.2, 0) is 0 Å². The van der Waals surface area contributed by atoms with Gasteiger partial charge in [-0.2, -0.15) is 0 Å². The second-order valence-corrected chi connectivity index (χ2v) is 2.93. The van der Waals surface area contributed by atoms with E-state index in [9.17, 15) is 0 Å². The number of aryl methyl sites for hydroxylation is 1. The Balaban J connectivity index is 3.00. The average Bonchev–Trinajstić information content (AvgIpc) is 2.14. The third-order valence-electron chi connectivity index (χ3n) is 1.76. The van der Waals surface area contributed by atoms with E-state index in [4.69, 9.17) is 11.5 Å². The molecule has 0 aliphatic heterocycles. The van der Waals surface area contributed by atoms with Crippen molar-refractivity contribution < 1.29 is 0 Å². The first-order valence-corrected chi connectivity index (χ1v) is 4.31. The largest absolute Gasteiger partial charge is 0.396 e. The monoisotopic (exact) mass is 190 g/mol. The van der Waals surface area contributed by atoms with E-state index in [0.717, 1.165) is 11.3 Å². The molecule has 1 aromatic heterocycles. The van der Waals surface area contributed by atoms with Crippen molar-refractivity contribution in [3.8, 4) is 11.8 Å². The molecule has 0 aromatic carbocycles. The van der Waals surface area contributed by atoms with Gasteiger partial charge in [0.1, 0.15) is 5.82 Å². The van der Waals surface area contributed by atoms with Crippen LogP contribution in [0.5, 0.6) is 0 Å². The van der Waals surface area contributed by atoms with Crippen LogP contribution in [0.4, 0.5) is 11.5 Å². The smallest absolute Gasteiger partial charge is 0.146 e. The molecule has 0 amide bonds. The zero-order chi connectivity index (χ0) is 10.6. The number of aromatic nitrogens is 1. The molecular weight excluding hydrogens is 176 g/mol. The van der Waals surface area contributed by atoms with Crippen molar-refractivity contribution in [1.82, 2.24) is 10.3 Å². The second-order valence-electron chi connectivity index (χ2n) is 2.93. The summed E-state index contributed by atoms with van der Waals surface area (Å²) in [6.07, 6.45) is 0. The minimum atomic E-state index is 0.363. The summed E-state index contributed by atoms with van der Waals surface area (Å²) in [5.74, 6) is 6.28. The molecule has 4 heteroatoms. The van der Waals surface area contributed by atoms with Gasteiger partial charge in [0.25, 0.3) is 0 Å². The first-order chi connectivity index (χ1) is 6.65. The van der Waals surface area contributed by atoms with Crippen molar-refractivity contribution in [3.05, 3.63) is 17.3 Å². The van der Waals surface area contributed by atoms with Crippen LogP contribution < -0.4 is 16.8 Å². The molecule has 14 heavy (non-hydrogen) atoms. The van der Waals surface area contributed by atoms with Crippen molar-refractivity contribution in [2.45, 2.75) is 6.92 Å². The molecular formula is C10H14N4. The van der Waals surface area contributed by atoms with Crippen molar-refractivity contribution in [3.63, 3.8) is 0 Å². The van der Waals surface area contributed by atoms with E-state index >= 15 is 0 Å². The fourth-order valence-electron chi connectivity index (χ4n) is 0.994. The summed E-state index contributed by atoms with van der Waals surface area (Å²) in [6.45, 7) is 2.50. The molecule has 5 N–H and O–H groups in total. The summed E-state index contributed by atoms with van der Waals surface area (Å²) in [4.78, 5) is 4.08. The highest BCUT2D eigenvalue weighted by molar-refractivity contribution is 5.62. The van der Waals surface area contributed by atoms with E-state index in [0.29, 0.717) is 18.1 Å². The third-order valence-corrected chi connectivity index (χ3v) is 1.76. The SMILES string of the molecule is CNCC#Cc1cc(N)c(N)nc1C. The molecule has 0 bridgehead atoms. The predicted molar refractivity (Wildman–Crippen MR) is 58.6 cm³/mol. The number of hydrogen-bond acceptors (Lipinski definition) is 4. The van der Waals surface area contributed by atoms with Crippen molar-refractivity contribution in [2.24, 2.45) is 0 Å². The fourth-order valence-corrected chi connectivity index (χ4v) is 0.994. The maximum atomic E-state index is 5.62. The summed E-state index contributed by atoms with van der Waals surface area (Å²) < 4.78 is 0. The van der Waals surface area contributed by atoms with E-state index in [1.807, 2.05) is 14.0 Å². The van der Waals surface area contributed by atoms with Gasteiger partial charge in [-0.05, 0) is 20.0 Å². The van der Waals surface area contributed by atoms with Crippen LogP contribution in [0.15, 0.2) is 6.07 Å². The molecule has 4 nitrogen and oxygen atoms in total. The summed E-state index contributed by atoms with van der Waals surface area (Å²) in [7, 11) is 1.84. The molecule has 0 saturated carbocycles. The Kier molecular flexibility index (Phi) is 3.32. The maximum Gasteiger partial charge on any atom is 0.146 e. The predicted octanol–water partition coefficient (Wildman–Crippen LogP) is 0.125. The molecule has 0 aliphatic rings. The molecule has 0 saturated heterocycles. The first-order valence-electron chi connectivity index (χ1n) is 4.31. The van der Waals surface area contributed by atoms with Gasteiger partial charge in [0.15, 0.2) is 0 Å². The lowest BCUT2D eigenvalue weighted by Crippen LogP contribution is -2.05. The van der Waals surface area contributed by atoms with Crippen molar-refractivity contribution in [1.29, 1.82) is 0 Å². The molecule has 0 fully saturated rings. The van der Waals surface area contributed by atoms with Gasteiger partial charge >= 0.3 is 0 Å². The number of nitrogens with one attached hydrogen (secondary N) is 1. The van der Waals surface area contributed by atoms with E-state index in [2.05, 4.69) is 22.1 Å². The summed E-state index contributed by atoms with van der Waals surface area (Å²) in [6, 6.07) is 1.75. The maximum absolute atomic E-state index is 5.62.